The molecule has 0 spiro atoms. The van der Waals surface area contributed by atoms with Gasteiger partial charge in [0.2, 0.25) is 5.91 Å². The Morgan fingerprint density at radius 3 is 2.61 bits per heavy atom. The molecule has 2 amide bonds. The first-order valence-corrected chi connectivity index (χ1v) is 9.63. The summed E-state index contributed by atoms with van der Waals surface area (Å²) in [4.78, 5) is 37.8. The molecule has 31 heavy (non-hydrogen) atoms. The van der Waals surface area contributed by atoms with E-state index in [1.54, 1.807) is 30.7 Å². The monoisotopic (exact) mass is 422 g/mol. The Hall–Kier alpha value is -4.01. The Morgan fingerprint density at radius 2 is 1.94 bits per heavy atom. The number of carbonyl (C=O) groups excluding carboxylic acids is 3. The number of benzene rings is 2. The molecule has 2 heterocycles. The first kappa shape index (κ1) is 20.3. The molecule has 3 N–H and O–H groups in total. The van der Waals surface area contributed by atoms with Crippen LogP contribution in [0.4, 0.5) is 17.1 Å². The fourth-order valence-corrected chi connectivity index (χ4v) is 3.87. The maximum Gasteiger partial charge on any atom is 0.338 e. The van der Waals surface area contributed by atoms with Gasteiger partial charge in [0.15, 0.2) is 0 Å². The first-order chi connectivity index (χ1) is 14.9. The fourth-order valence-electron chi connectivity index (χ4n) is 3.87. The molecule has 9 heteroatoms. The fraction of sp³-hybridized carbons (Fsp3) is 0.227. The quantitative estimate of drug-likeness (QED) is 0.545. The van der Waals surface area contributed by atoms with Crippen LogP contribution in [0.5, 0.6) is 5.75 Å². The van der Waals surface area contributed by atoms with Gasteiger partial charge in [0.1, 0.15) is 23.2 Å². The number of rotatable bonds is 5. The highest BCUT2D eigenvalue weighted by atomic mass is 16.5. The van der Waals surface area contributed by atoms with Crippen molar-refractivity contribution in [3.8, 4) is 5.75 Å². The molecule has 1 aliphatic heterocycles. The minimum absolute atomic E-state index is 0.199. The van der Waals surface area contributed by atoms with E-state index in [-0.39, 0.29) is 11.5 Å². The van der Waals surface area contributed by atoms with Gasteiger partial charge in [-0.2, -0.15) is 0 Å². The number of nitrogens with zero attached hydrogens (tertiary/aromatic N) is 1. The van der Waals surface area contributed by atoms with E-state index in [4.69, 9.17) is 9.47 Å². The van der Waals surface area contributed by atoms with Crippen molar-refractivity contribution >= 4 is 45.7 Å². The predicted molar refractivity (Wildman–Crippen MR) is 117 cm³/mol. The first-order valence-electron chi connectivity index (χ1n) is 9.63. The molecule has 1 aliphatic rings. The Bertz CT molecular complexity index is 1230. The lowest BCUT2D eigenvalue weighted by atomic mass is 10.1. The van der Waals surface area contributed by atoms with Gasteiger partial charge in [-0.3, -0.25) is 9.59 Å². The number of hydrogen-bond donors (Lipinski definition) is 3. The lowest BCUT2D eigenvalue weighted by molar-refractivity contribution is -0.118. The number of hydrogen-bond acceptors (Lipinski definition) is 6. The van der Waals surface area contributed by atoms with Crippen molar-refractivity contribution < 1.29 is 23.9 Å². The second kappa shape index (κ2) is 7.67. The molecule has 1 atom stereocenters. The zero-order valence-electron chi connectivity index (χ0n) is 17.5. The molecule has 0 saturated heterocycles. The highest BCUT2D eigenvalue weighted by Crippen LogP contribution is 2.37. The van der Waals surface area contributed by atoms with Gasteiger partial charge in [-0.15, -0.1) is 0 Å². The summed E-state index contributed by atoms with van der Waals surface area (Å²) in [7, 11) is 4.42. The van der Waals surface area contributed by atoms with Crippen LogP contribution >= 0.6 is 0 Å². The number of ether oxygens (including phenoxy) is 2. The SMILES string of the molecule is CNc1c(NC(=O)c2cc3cccc4c3n2C(C)C(=O)N4)cc(C(=O)OC)cc1OC. The molecule has 0 fully saturated rings. The predicted octanol–water partition coefficient (Wildman–Crippen LogP) is 3.24. The van der Waals surface area contributed by atoms with Gasteiger partial charge < -0.3 is 30.0 Å². The van der Waals surface area contributed by atoms with E-state index in [1.807, 2.05) is 12.1 Å². The van der Waals surface area contributed by atoms with Gasteiger partial charge in [0.25, 0.3) is 5.91 Å². The second-order valence-corrected chi connectivity index (χ2v) is 7.10. The zero-order chi connectivity index (χ0) is 22.3. The lowest BCUT2D eigenvalue weighted by Crippen LogP contribution is -2.31. The summed E-state index contributed by atoms with van der Waals surface area (Å²) in [5.74, 6) is -0.813. The van der Waals surface area contributed by atoms with Crippen molar-refractivity contribution in [3.05, 3.63) is 47.7 Å². The lowest BCUT2D eigenvalue weighted by Gasteiger charge is -2.24. The zero-order valence-corrected chi connectivity index (χ0v) is 17.5. The normalized spacial score (nSPS) is 14.7. The summed E-state index contributed by atoms with van der Waals surface area (Å²) in [5.41, 5.74) is 2.85. The Labute approximate surface area is 178 Å². The van der Waals surface area contributed by atoms with Crippen LogP contribution in [-0.2, 0) is 9.53 Å². The number of esters is 1. The van der Waals surface area contributed by atoms with Crippen molar-refractivity contribution in [1.29, 1.82) is 0 Å². The van der Waals surface area contributed by atoms with Gasteiger partial charge in [0.05, 0.1) is 36.7 Å². The average Bonchev–Trinajstić information content (AvgIpc) is 3.17. The molecule has 3 aromatic rings. The van der Waals surface area contributed by atoms with Crippen molar-refractivity contribution in [2.45, 2.75) is 13.0 Å². The van der Waals surface area contributed by atoms with Crippen molar-refractivity contribution in [3.63, 3.8) is 0 Å². The van der Waals surface area contributed by atoms with E-state index < -0.39 is 17.9 Å². The molecule has 160 valence electrons. The number of para-hydroxylation sites is 1. The molecule has 1 aromatic heterocycles. The third-order valence-electron chi connectivity index (χ3n) is 5.36. The number of aromatic nitrogens is 1. The van der Waals surface area contributed by atoms with Gasteiger partial charge in [-0.05, 0) is 31.2 Å². The summed E-state index contributed by atoms with van der Waals surface area (Å²) in [6, 6.07) is 9.73. The standard InChI is InChI=1S/C22H22N4O5/c1-11-20(27)24-14-7-5-6-12-9-16(26(11)19(12)14)21(28)25-15-8-13(22(29)31-4)10-17(30-3)18(15)23-2/h5-11,23H,1-4H3,(H,24,27)(H,25,28). The highest BCUT2D eigenvalue weighted by molar-refractivity contribution is 6.13. The van der Waals surface area contributed by atoms with Gasteiger partial charge >= 0.3 is 5.97 Å². The van der Waals surface area contributed by atoms with Gasteiger partial charge in [0, 0.05) is 12.4 Å². The highest BCUT2D eigenvalue weighted by Gasteiger charge is 2.30. The van der Waals surface area contributed by atoms with E-state index in [9.17, 15) is 14.4 Å². The molecule has 2 aromatic carbocycles. The smallest absolute Gasteiger partial charge is 0.338 e. The third-order valence-corrected chi connectivity index (χ3v) is 5.36. The molecular formula is C22H22N4O5. The Balaban J connectivity index is 1.81. The maximum absolute atomic E-state index is 13.3. The molecule has 1 unspecified atom stereocenters. The van der Waals surface area contributed by atoms with Crippen molar-refractivity contribution in [1.82, 2.24) is 4.57 Å². The number of nitrogens with one attached hydrogen (secondary N) is 3. The van der Waals surface area contributed by atoms with E-state index in [0.717, 1.165) is 10.9 Å². The maximum atomic E-state index is 13.3. The van der Waals surface area contributed by atoms with E-state index in [2.05, 4.69) is 16.0 Å². The summed E-state index contributed by atoms with van der Waals surface area (Å²) >= 11 is 0. The van der Waals surface area contributed by atoms with E-state index in [1.165, 1.54) is 26.4 Å². The molecule has 4 rings (SSSR count). The van der Waals surface area contributed by atoms with Crippen molar-refractivity contribution in [2.75, 3.05) is 37.2 Å². The number of methoxy groups -OCH3 is 2. The van der Waals surface area contributed by atoms with Crippen LogP contribution < -0.4 is 20.7 Å². The van der Waals surface area contributed by atoms with Crippen LogP contribution in [0.15, 0.2) is 36.4 Å². The minimum Gasteiger partial charge on any atom is -0.494 e. The molecule has 0 radical (unpaired) electrons. The van der Waals surface area contributed by atoms with Gasteiger partial charge in [-0.1, -0.05) is 12.1 Å². The van der Waals surface area contributed by atoms with Crippen LogP contribution in [0, 0.1) is 0 Å². The average molecular weight is 422 g/mol. The van der Waals surface area contributed by atoms with Crippen LogP contribution in [-0.4, -0.2) is 43.6 Å². The number of anilines is 3. The summed E-state index contributed by atoms with van der Waals surface area (Å²) in [6.07, 6.45) is 0. The van der Waals surface area contributed by atoms with E-state index >= 15 is 0 Å². The summed E-state index contributed by atoms with van der Waals surface area (Å²) in [5, 5.41) is 9.53. The van der Waals surface area contributed by atoms with Crippen LogP contribution in [0.3, 0.4) is 0 Å². The third kappa shape index (κ3) is 3.24. The second-order valence-electron chi connectivity index (χ2n) is 7.10. The van der Waals surface area contributed by atoms with Crippen molar-refractivity contribution in [2.24, 2.45) is 0 Å². The van der Waals surface area contributed by atoms with Gasteiger partial charge in [-0.25, -0.2) is 4.79 Å². The van der Waals surface area contributed by atoms with Crippen LogP contribution in [0.25, 0.3) is 10.9 Å². The topological polar surface area (TPSA) is 111 Å². The van der Waals surface area contributed by atoms with E-state index in [0.29, 0.717) is 28.5 Å². The molecule has 0 bridgehead atoms. The minimum atomic E-state index is -0.562. The molecule has 9 nitrogen and oxygen atoms in total. The van der Waals surface area contributed by atoms with Crippen LogP contribution in [0.1, 0.15) is 33.8 Å². The number of carbonyl (C=O) groups is 3. The Morgan fingerprint density at radius 1 is 1.16 bits per heavy atom. The summed E-state index contributed by atoms with van der Waals surface area (Å²) in [6.45, 7) is 1.74. The largest absolute Gasteiger partial charge is 0.494 e. The molecule has 0 saturated carbocycles. The summed E-state index contributed by atoms with van der Waals surface area (Å²) < 4.78 is 11.9. The molecular weight excluding hydrogens is 400 g/mol. The Kier molecular flexibility index (Phi) is 5.02. The molecule has 0 aliphatic carbocycles. The number of amides is 2. The van der Waals surface area contributed by atoms with Crippen LogP contribution in [0.2, 0.25) is 0 Å².